The lowest BCUT2D eigenvalue weighted by Crippen LogP contribution is -2.53. The first kappa shape index (κ1) is 23.2. The molecule has 0 radical (unpaired) electrons. The smallest absolute Gasteiger partial charge is 0.329 e. The number of rotatable bonds is 8. The first-order valence-corrected chi connectivity index (χ1v) is 9.31. The predicted octanol–water partition coefficient (Wildman–Crippen LogP) is 2.43. The van der Waals surface area contributed by atoms with Gasteiger partial charge in [-0.2, -0.15) is 5.26 Å². The van der Waals surface area contributed by atoms with E-state index in [2.05, 4.69) is 16.7 Å². The molecule has 0 unspecified atom stereocenters. The highest BCUT2D eigenvalue weighted by atomic mass is 16.5. The van der Waals surface area contributed by atoms with Crippen molar-refractivity contribution in [3.63, 3.8) is 0 Å². The number of nitrogens with one attached hydrogen (secondary N) is 2. The lowest BCUT2D eigenvalue weighted by Gasteiger charge is -2.29. The number of carbonyl (C=O) groups excluding carboxylic acids is 3. The Morgan fingerprint density at radius 2 is 1.64 bits per heavy atom. The van der Waals surface area contributed by atoms with Crippen LogP contribution in [0.2, 0.25) is 0 Å². The molecule has 0 bridgehead atoms. The van der Waals surface area contributed by atoms with Gasteiger partial charge in [-0.05, 0) is 37.8 Å². The summed E-state index contributed by atoms with van der Waals surface area (Å²) in [5.41, 5.74) is -0.648. The molecular formula is C21H29N3O4. The first-order chi connectivity index (χ1) is 13.0. The second kappa shape index (κ2) is 9.88. The molecule has 0 fully saturated rings. The molecule has 0 aliphatic heterocycles. The van der Waals surface area contributed by atoms with Crippen molar-refractivity contribution in [2.24, 2.45) is 11.8 Å². The van der Waals surface area contributed by atoms with Crippen LogP contribution in [0.1, 0.15) is 51.9 Å². The Hall–Kier alpha value is -2.88. The van der Waals surface area contributed by atoms with Gasteiger partial charge in [0.05, 0.1) is 6.07 Å². The molecule has 0 aromatic heterocycles. The number of benzene rings is 1. The molecule has 0 aliphatic carbocycles. The fourth-order valence-electron chi connectivity index (χ4n) is 2.27. The quantitative estimate of drug-likeness (QED) is 0.666. The van der Waals surface area contributed by atoms with Crippen LogP contribution in [0.4, 0.5) is 0 Å². The van der Waals surface area contributed by atoms with Crippen LogP contribution in [-0.2, 0) is 14.3 Å². The second-order valence-electron chi connectivity index (χ2n) is 7.60. The van der Waals surface area contributed by atoms with Crippen molar-refractivity contribution in [2.75, 3.05) is 0 Å². The number of hydrogen-bond acceptors (Lipinski definition) is 5. The Morgan fingerprint density at radius 3 is 2.11 bits per heavy atom. The summed E-state index contributed by atoms with van der Waals surface area (Å²) in [5, 5.41) is 14.6. The van der Waals surface area contributed by atoms with E-state index in [0.29, 0.717) is 5.56 Å². The molecular weight excluding hydrogens is 358 g/mol. The summed E-state index contributed by atoms with van der Waals surface area (Å²) in [5.74, 6) is -2.04. The van der Waals surface area contributed by atoms with Crippen LogP contribution in [0.25, 0.3) is 0 Å². The van der Waals surface area contributed by atoms with Crippen LogP contribution in [0, 0.1) is 23.2 Å². The molecule has 0 spiro atoms. The number of carbonyl (C=O) groups is 3. The van der Waals surface area contributed by atoms with Crippen molar-refractivity contribution < 1.29 is 19.1 Å². The largest absolute Gasteiger partial charge is 0.451 e. The fourth-order valence-corrected chi connectivity index (χ4v) is 2.27. The van der Waals surface area contributed by atoms with Gasteiger partial charge in [0.25, 0.3) is 11.8 Å². The topological polar surface area (TPSA) is 108 Å². The highest BCUT2D eigenvalue weighted by molar-refractivity contribution is 5.97. The summed E-state index contributed by atoms with van der Waals surface area (Å²) >= 11 is 0. The number of nitrogens with zero attached hydrogens (tertiary/aromatic N) is 1. The molecule has 1 aromatic carbocycles. The monoisotopic (exact) mass is 387 g/mol. The lowest BCUT2D eigenvalue weighted by molar-refractivity contribution is -0.158. The molecule has 3 atom stereocenters. The van der Waals surface area contributed by atoms with E-state index in [1.165, 1.54) is 6.92 Å². The van der Waals surface area contributed by atoms with Crippen molar-refractivity contribution in [2.45, 2.75) is 59.2 Å². The fraction of sp³-hybridized carbons (Fsp3) is 0.524. The molecule has 7 nitrogen and oxygen atoms in total. The SMILES string of the molecule is CC(C)[C@@H](NC(=O)c1ccccc1)C(=O)O[C@@H](C)C(=O)N[C@@](C)(C#N)C(C)C. The lowest BCUT2D eigenvalue weighted by atomic mass is 9.90. The van der Waals surface area contributed by atoms with E-state index in [-0.39, 0.29) is 11.8 Å². The van der Waals surface area contributed by atoms with Gasteiger partial charge in [-0.15, -0.1) is 0 Å². The Labute approximate surface area is 166 Å². The summed E-state index contributed by atoms with van der Waals surface area (Å²) < 4.78 is 5.27. The van der Waals surface area contributed by atoms with Crippen LogP contribution in [0.3, 0.4) is 0 Å². The van der Waals surface area contributed by atoms with E-state index in [0.717, 1.165) is 0 Å². The van der Waals surface area contributed by atoms with Crippen molar-refractivity contribution in [3.05, 3.63) is 35.9 Å². The zero-order valence-corrected chi connectivity index (χ0v) is 17.3. The molecule has 2 N–H and O–H groups in total. The van der Waals surface area contributed by atoms with E-state index >= 15 is 0 Å². The van der Waals surface area contributed by atoms with Crippen LogP contribution in [-0.4, -0.2) is 35.5 Å². The Balaban J connectivity index is 2.79. The van der Waals surface area contributed by atoms with Crippen molar-refractivity contribution in [3.8, 4) is 6.07 Å². The highest BCUT2D eigenvalue weighted by Crippen LogP contribution is 2.16. The standard InChI is InChI=1S/C21H29N3O4/c1-13(2)17(23-19(26)16-10-8-7-9-11-16)20(27)28-15(5)18(25)24-21(6,12-22)14(3)4/h7-11,13-15,17H,1-6H3,(H,23,26)(H,24,25)/t15-,17+,21-/m0/s1. The summed E-state index contributed by atoms with van der Waals surface area (Å²) in [6.07, 6.45) is -1.10. The van der Waals surface area contributed by atoms with E-state index < -0.39 is 35.5 Å². The van der Waals surface area contributed by atoms with Gasteiger partial charge in [0.15, 0.2) is 6.10 Å². The average Bonchev–Trinajstić information content (AvgIpc) is 2.65. The zero-order chi connectivity index (χ0) is 21.5. The number of ether oxygens (including phenoxy) is 1. The second-order valence-corrected chi connectivity index (χ2v) is 7.60. The Kier molecular flexibility index (Phi) is 8.17. The van der Waals surface area contributed by atoms with Crippen LogP contribution in [0.15, 0.2) is 30.3 Å². The Bertz CT molecular complexity index is 740. The summed E-state index contributed by atoms with van der Waals surface area (Å²) in [6, 6.07) is 9.69. The predicted molar refractivity (Wildman–Crippen MR) is 105 cm³/mol. The van der Waals surface area contributed by atoms with Crippen LogP contribution >= 0.6 is 0 Å². The van der Waals surface area contributed by atoms with Crippen LogP contribution in [0.5, 0.6) is 0 Å². The highest BCUT2D eigenvalue weighted by Gasteiger charge is 2.34. The Morgan fingerprint density at radius 1 is 1.07 bits per heavy atom. The summed E-state index contributed by atoms with van der Waals surface area (Å²) in [4.78, 5) is 37.3. The maximum absolute atomic E-state index is 12.6. The summed E-state index contributed by atoms with van der Waals surface area (Å²) in [7, 11) is 0. The molecule has 1 aromatic rings. The van der Waals surface area contributed by atoms with E-state index in [1.54, 1.807) is 51.1 Å². The van der Waals surface area contributed by atoms with Gasteiger partial charge in [0, 0.05) is 5.56 Å². The van der Waals surface area contributed by atoms with Crippen molar-refractivity contribution in [1.29, 1.82) is 5.26 Å². The molecule has 2 amide bonds. The molecule has 0 heterocycles. The van der Waals surface area contributed by atoms with Gasteiger partial charge in [-0.1, -0.05) is 45.9 Å². The molecule has 28 heavy (non-hydrogen) atoms. The minimum atomic E-state index is -1.10. The normalized spacial score (nSPS) is 15.1. The van der Waals surface area contributed by atoms with E-state index in [1.807, 2.05) is 13.8 Å². The maximum atomic E-state index is 12.6. The van der Waals surface area contributed by atoms with Gasteiger partial charge in [-0.3, -0.25) is 9.59 Å². The molecule has 0 saturated heterocycles. The van der Waals surface area contributed by atoms with Gasteiger partial charge in [-0.25, -0.2) is 4.79 Å². The third kappa shape index (κ3) is 6.08. The van der Waals surface area contributed by atoms with Crippen molar-refractivity contribution in [1.82, 2.24) is 10.6 Å². The minimum absolute atomic E-state index is 0.127. The third-order valence-electron chi connectivity index (χ3n) is 4.68. The number of hydrogen-bond donors (Lipinski definition) is 2. The van der Waals surface area contributed by atoms with E-state index in [4.69, 9.17) is 4.74 Å². The van der Waals surface area contributed by atoms with Gasteiger partial charge >= 0.3 is 5.97 Å². The maximum Gasteiger partial charge on any atom is 0.329 e. The van der Waals surface area contributed by atoms with E-state index in [9.17, 15) is 19.6 Å². The molecule has 0 saturated carbocycles. The average molecular weight is 387 g/mol. The first-order valence-electron chi connectivity index (χ1n) is 9.31. The minimum Gasteiger partial charge on any atom is -0.451 e. The van der Waals surface area contributed by atoms with Gasteiger partial charge in [0.2, 0.25) is 0 Å². The van der Waals surface area contributed by atoms with Gasteiger partial charge in [0.1, 0.15) is 11.6 Å². The molecule has 1 rings (SSSR count). The number of esters is 1. The third-order valence-corrected chi connectivity index (χ3v) is 4.68. The molecule has 152 valence electrons. The van der Waals surface area contributed by atoms with Gasteiger partial charge < -0.3 is 15.4 Å². The summed E-state index contributed by atoms with van der Waals surface area (Å²) in [6.45, 7) is 10.2. The van der Waals surface area contributed by atoms with Crippen LogP contribution < -0.4 is 10.6 Å². The number of nitriles is 1. The molecule has 0 aliphatic rings. The molecule has 7 heteroatoms. The zero-order valence-electron chi connectivity index (χ0n) is 17.3. The van der Waals surface area contributed by atoms with Crippen molar-refractivity contribution >= 4 is 17.8 Å². The number of amides is 2.